The van der Waals surface area contributed by atoms with Crippen LogP contribution in [0.2, 0.25) is 0 Å². The van der Waals surface area contributed by atoms with E-state index >= 15 is 0 Å². The number of pyridine rings is 1. The Bertz CT molecular complexity index is 615. The van der Waals surface area contributed by atoms with Gasteiger partial charge in [-0.25, -0.2) is 5.43 Å². The van der Waals surface area contributed by atoms with Crippen molar-refractivity contribution in [3.05, 3.63) is 54.4 Å². The maximum absolute atomic E-state index is 11.6. The molecule has 0 saturated carbocycles. The summed E-state index contributed by atoms with van der Waals surface area (Å²) in [5.74, 6) is 0.719. The molecule has 1 aromatic carbocycles. The van der Waals surface area contributed by atoms with Crippen molar-refractivity contribution in [1.29, 1.82) is 0 Å². The van der Waals surface area contributed by atoms with Gasteiger partial charge in [0.1, 0.15) is 0 Å². The molecule has 0 aliphatic heterocycles. The van der Waals surface area contributed by atoms with Crippen LogP contribution in [0.15, 0.2) is 53.9 Å². The second-order valence-electron chi connectivity index (χ2n) is 4.02. The zero-order valence-corrected chi connectivity index (χ0v) is 11.5. The fourth-order valence-corrected chi connectivity index (χ4v) is 1.54. The molecule has 1 N–H and O–H groups in total. The Morgan fingerprint density at radius 1 is 1.29 bits per heavy atom. The highest BCUT2D eigenvalue weighted by Crippen LogP contribution is 2.25. The molecule has 0 atom stereocenters. The molecule has 2 rings (SSSR count). The minimum atomic E-state index is -0.360. The van der Waals surface area contributed by atoms with Crippen molar-refractivity contribution in [2.45, 2.75) is 0 Å². The molecule has 0 bridgehead atoms. The van der Waals surface area contributed by atoms with Crippen LogP contribution < -0.4 is 14.9 Å². The largest absolute Gasteiger partial charge is 0.493 e. The van der Waals surface area contributed by atoms with Crippen LogP contribution in [0.1, 0.15) is 5.56 Å². The molecular weight excluding hydrogens is 270 g/mol. The second kappa shape index (κ2) is 7.64. The molecule has 1 aromatic heterocycles. The Morgan fingerprint density at radius 3 is 2.81 bits per heavy atom. The molecule has 1 heterocycles. The summed E-state index contributed by atoms with van der Waals surface area (Å²) in [5.41, 5.74) is 3.17. The van der Waals surface area contributed by atoms with Crippen LogP contribution in [-0.4, -0.2) is 30.8 Å². The van der Waals surface area contributed by atoms with Crippen molar-refractivity contribution < 1.29 is 14.3 Å². The number of methoxy groups -OCH3 is 1. The molecule has 0 saturated heterocycles. The fraction of sp³-hybridized carbons (Fsp3) is 0.133. The number of carbonyl (C=O) groups is 1. The molecule has 6 heteroatoms. The van der Waals surface area contributed by atoms with E-state index < -0.39 is 0 Å². The minimum absolute atomic E-state index is 0.148. The number of carbonyl (C=O) groups excluding carboxylic acids is 1. The van der Waals surface area contributed by atoms with Crippen molar-refractivity contribution in [2.24, 2.45) is 5.10 Å². The van der Waals surface area contributed by atoms with Crippen LogP contribution in [0, 0.1) is 0 Å². The summed E-state index contributed by atoms with van der Waals surface area (Å²) in [6, 6.07) is 10.7. The Labute approximate surface area is 122 Å². The summed E-state index contributed by atoms with van der Waals surface area (Å²) >= 11 is 0. The molecular formula is C15H15N3O3. The van der Waals surface area contributed by atoms with Gasteiger partial charge in [-0.3, -0.25) is 9.78 Å². The fourth-order valence-electron chi connectivity index (χ4n) is 1.54. The number of ether oxygens (including phenoxy) is 2. The van der Waals surface area contributed by atoms with Gasteiger partial charge in [-0.1, -0.05) is 18.2 Å². The highest BCUT2D eigenvalue weighted by Gasteiger charge is 2.05. The van der Waals surface area contributed by atoms with Gasteiger partial charge in [-0.2, -0.15) is 5.10 Å². The summed E-state index contributed by atoms with van der Waals surface area (Å²) in [5, 5.41) is 3.82. The number of aromatic nitrogens is 1. The molecule has 2 aromatic rings. The maximum Gasteiger partial charge on any atom is 0.277 e. The Kier molecular flexibility index (Phi) is 5.28. The van der Waals surface area contributed by atoms with Crippen molar-refractivity contribution >= 4 is 12.1 Å². The lowest BCUT2D eigenvalue weighted by atomic mass is 10.3. The second-order valence-corrected chi connectivity index (χ2v) is 4.02. The van der Waals surface area contributed by atoms with Crippen LogP contribution >= 0.6 is 0 Å². The first-order chi connectivity index (χ1) is 10.3. The smallest absolute Gasteiger partial charge is 0.277 e. The zero-order chi connectivity index (χ0) is 14.9. The van der Waals surface area contributed by atoms with Gasteiger partial charge in [0.05, 0.1) is 13.3 Å². The van der Waals surface area contributed by atoms with Crippen LogP contribution in [0.4, 0.5) is 0 Å². The van der Waals surface area contributed by atoms with Gasteiger partial charge in [-0.15, -0.1) is 0 Å². The zero-order valence-electron chi connectivity index (χ0n) is 11.5. The Morgan fingerprint density at radius 2 is 2.10 bits per heavy atom. The van der Waals surface area contributed by atoms with E-state index in [-0.39, 0.29) is 12.5 Å². The lowest BCUT2D eigenvalue weighted by molar-refractivity contribution is -0.123. The third kappa shape index (κ3) is 4.61. The van der Waals surface area contributed by atoms with E-state index in [0.717, 1.165) is 5.56 Å². The molecule has 21 heavy (non-hydrogen) atoms. The molecule has 6 nitrogen and oxygen atoms in total. The van der Waals surface area contributed by atoms with E-state index in [1.54, 1.807) is 43.8 Å². The summed E-state index contributed by atoms with van der Waals surface area (Å²) in [7, 11) is 1.54. The number of nitrogens with one attached hydrogen (secondary N) is 1. The van der Waals surface area contributed by atoms with Crippen LogP contribution in [-0.2, 0) is 4.79 Å². The van der Waals surface area contributed by atoms with Gasteiger partial charge >= 0.3 is 0 Å². The average molecular weight is 285 g/mol. The van der Waals surface area contributed by atoms with E-state index in [0.29, 0.717) is 11.5 Å². The third-order valence-corrected chi connectivity index (χ3v) is 2.52. The summed E-state index contributed by atoms with van der Waals surface area (Å²) < 4.78 is 10.5. The molecule has 0 aliphatic rings. The quantitative estimate of drug-likeness (QED) is 0.646. The van der Waals surface area contributed by atoms with Crippen LogP contribution in [0.25, 0.3) is 0 Å². The van der Waals surface area contributed by atoms with Gasteiger partial charge < -0.3 is 9.47 Å². The van der Waals surface area contributed by atoms with E-state index in [2.05, 4.69) is 15.5 Å². The molecule has 0 spiro atoms. The molecule has 108 valence electrons. The first-order valence-electron chi connectivity index (χ1n) is 6.27. The van der Waals surface area contributed by atoms with E-state index in [1.807, 2.05) is 12.1 Å². The highest BCUT2D eigenvalue weighted by atomic mass is 16.5. The minimum Gasteiger partial charge on any atom is -0.493 e. The van der Waals surface area contributed by atoms with Crippen LogP contribution in [0.3, 0.4) is 0 Å². The van der Waals surface area contributed by atoms with Crippen LogP contribution in [0.5, 0.6) is 11.5 Å². The van der Waals surface area contributed by atoms with Gasteiger partial charge in [0, 0.05) is 18.0 Å². The summed E-state index contributed by atoms with van der Waals surface area (Å²) in [6.07, 6.45) is 4.81. The van der Waals surface area contributed by atoms with Gasteiger partial charge in [0.25, 0.3) is 5.91 Å². The number of hydrazone groups is 1. The normalized spacial score (nSPS) is 10.3. The number of nitrogens with zero attached hydrogens (tertiary/aromatic N) is 2. The SMILES string of the molecule is COc1ccccc1OCC(=O)N/N=C/c1cccnc1. The van der Waals surface area contributed by atoms with Crippen molar-refractivity contribution in [3.8, 4) is 11.5 Å². The average Bonchev–Trinajstić information content (AvgIpc) is 2.54. The maximum atomic E-state index is 11.6. The lowest BCUT2D eigenvalue weighted by Crippen LogP contribution is -2.24. The number of rotatable bonds is 6. The summed E-state index contributed by atoms with van der Waals surface area (Å²) in [4.78, 5) is 15.5. The Hall–Kier alpha value is -2.89. The predicted molar refractivity (Wildman–Crippen MR) is 78.5 cm³/mol. The topological polar surface area (TPSA) is 72.8 Å². The molecule has 0 fully saturated rings. The van der Waals surface area contributed by atoms with E-state index in [9.17, 15) is 4.79 Å². The molecule has 0 aliphatic carbocycles. The van der Waals surface area contributed by atoms with Gasteiger partial charge in [-0.05, 0) is 18.2 Å². The predicted octanol–water partition coefficient (Wildman–Crippen LogP) is 1.62. The third-order valence-electron chi connectivity index (χ3n) is 2.52. The number of amides is 1. The first kappa shape index (κ1) is 14.5. The number of para-hydroxylation sites is 2. The number of hydrogen-bond acceptors (Lipinski definition) is 5. The van der Waals surface area contributed by atoms with Gasteiger partial charge in [0.2, 0.25) is 0 Å². The highest BCUT2D eigenvalue weighted by molar-refractivity contribution is 5.82. The lowest BCUT2D eigenvalue weighted by Gasteiger charge is -2.09. The monoisotopic (exact) mass is 285 g/mol. The number of hydrogen-bond donors (Lipinski definition) is 1. The molecule has 1 amide bonds. The van der Waals surface area contributed by atoms with Gasteiger partial charge in [0.15, 0.2) is 18.1 Å². The van der Waals surface area contributed by atoms with Crippen molar-refractivity contribution in [1.82, 2.24) is 10.4 Å². The van der Waals surface area contributed by atoms with E-state index in [1.165, 1.54) is 6.21 Å². The standard InChI is InChI=1S/C15H15N3O3/c1-20-13-6-2-3-7-14(13)21-11-15(19)18-17-10-12-5-4-8-16-9-12/h2-10H,11H2,1H3,(H,18,19)/b17-10+. The molecule has 0 unspecified atom stereocenters. The van der Waals surface area contributed by atoms with Crippen molar-refractivity contribution in [2.75, 3.05) is 13.7 Å². The number of benzene rings is 1. The van der Waals surface area contributed by atoms with E-state index in [4.69, 9.17) is 9.47 Å². The summed E-state index contributed by atoms with van der Waals surface area (Å²) in [6.45, 7) is -0.148. The molecule has 0 radical (unpaired) electrons. The Balaban J connectivity index is 1.81. The van der Waals surface area contributed by atoms with Crippen molar-refractivity contribution in [3.63, 3.8) is 0 Å². The first-order valence-corrected chi connectivity index (χ1v) is 6.27.